The fourth-order valence-electron chi connectivity index (χ4n) is 3.37. The Morgan fingerprint density at radius 1 is 1.37 bits per heavy atom. The van der Waals surface area contributed by atoms with E-state index in [1.807, 2.05) is 6.92 Å². The lowest BCUT2D eigenvalue weighted by Crippen LogP contribution is -2.41. The molecule has 110 valence electrons. The predicted octanol–water partition coefficient (Wildman–Crippen LogP) is 1.85. The van der Waals surface area contributed by atoms with Crippen molar-refractivity contribution in [3.05, 3.63) is 0 Å². The Kier molecular flexibility index (Phi) is 5.08. The van der Waals surface area contributed by atoms with Gasteiger partial charge in [-0.25, -0.2) is 0 Å². The maximum absolute atomic E-state index is 9.11. The summed E-state index contributed by atoms with van der Waals surface area (Å²) < 4.78 is 0. The minimum absolute atomic E-state index is 0.215. The summed E-state index contributed by atoms with van der Waals surface area (Å²) in [6.45, 7) is 8.30. The molecule has 19 heavy (non-hydrogen) atoms. The molecule has 1 saturated carbocycles. The van der Waals surface area contributed by atoms with Crippen LogP contribution in [0.1, 0.15) is 46.0 Å². The van der Waals surface area contributed by atoms with Crippen molar-refractivity contribution >= 4 is 5.96 Å². The van der Waals surface area contributed by atoms with E-state index in [1.165, 1.54) is 38.6 Å². The van der Waals surface area contributed by atoms with Gasteiger partial charge in [0.25, 0.3) is 0 Å². The monoisotopic (exact) mass is 267 g/mol. The maximum Gasteiger partial charge on any atom is 0.193 e. The molecule has 1 unspecified atom stereocenters. The molecule has 1 aliphatic carbocycles. The number of rotatable bonds is 4. The van der Waals surface area contributed by atoms with Crippen LogP contribution >= 0.6 is 0 Å². The Morgan fingerprint density at radius 2 is 2.11 bits per heavy atom. The second-order valence-corrected chi connectivity index (χ2v) is 6.36. The first kappa shape index (κ1) is 14.6. The molecule has 4 heteroatoms. The van der Waals surface area contributed by atoms with Crippen LogP contribution < -0.4 is 5.32 Å². The molecule has 1 atom stereocenters. The van der Waals surface area contributed by atoms with Gasteiger partial charge in [0.1, 0.15) is 0 Å². The van der Waals surface area contributed by atoms with Gasteiger partial charge in [-0.1, -0.05) is 19.8 Å². The average molecular weight is 267 g/mol. The van der Waals surface area contributed by atoms with Crippen molar-refractivity contribution in [3.8, 4) is 0 Å². The highest BCUT2D eigenvalue weighted by molar-refractivity contribution is 5.80. The number of hydrogen-bond donors (Lipinski definition) is 2. The first-order chi connectivity index (χ1) is 9.19. The van der Waals surface area contributed by atoms with E-state index in [4.69, 9.17) is 10.1 Å². The van der Waals surface area contributed by atoms with Crippen molar-refractivity contribution in [3.63, 3.8) is 0 Å². The molecule has 0 radical (unpaired) electrons. The van der Waals surface area contributed by atoms with Gasteiger partial charge in [-0.05, 0) is 37.5 Å². The van der Waals surface area contributed by atoms with Gasteiger partial charge in [-0.15, -0.1) is 0 Å². The molecule has 0 aromatic carbocycles. The van der Waals surface area contributed by atoms with E-state index < -0.39 is 0 Å². The third kappa shape index (κ3) is 3.62. The Morgan fingerprint density at radius 3 is 2.74 bits per heavy atom. The third-order valence-electron chi connectivity index (χ3n) is 4.60. The molecule has 0 amide bonds. The third-order valence-corrected chi connectivity index (χ3v) is 4.60. The van der Waals surface area contributed by atoms with E-state index in [-0.39, 0.29) is 12.5 Å². The molecule has 1 heterocycles. The molecule has 2 aliphatic rings. The zero-order valence-corrected chi connectivity index (χ0v) is 12.5. The van der Waals surface area contributed by atoms with Crippen LogP contribution in [0.3, 0.4) is 0 Å². The van der Waals surface area contributed by atoms with Gasteiger partial charge >= 0.3 is 0 Å². The number of guanidine groups is 1. The van der Waals surface area contributed by atoms with Gasteiger partial charge in [-0.3, -0.25) is 4.99 Å². The van der Waals surface area contributed by atoms with E-state index in [1.54, 1.807) is 0 Å². The van der Waals surface area contributed by atoms with Crippen LogP contribution in [0, 0.1) is 11.3 Å². The van der Waals surface area contributed by atoms with Crippen molar-refractivity contribution in [2.45, 2.75) is 46.0 Å². The summed E-state index contributed by atoms with van der Waals surface area (Å²) in [5.74, 6) is 1.29. The fraction of sp³-hybridized carbons (Fsp3) is 0.933. The van der Waals surface area contributed by atoms with Crippen LogP contribution in [0.15, 0.2) is 4.99 Å². The molecule has 0 aromatic heterocycles. The Labute approximate surface area is 117 Å². The quantitative estimate of drug-likeness (QED) is 0.603. The molecule has 1 aliphatic heterocycles. The maximum atomic E-state index is 9.11. The summed E-state index contributed by atoms with van der Waals surface area (Å²) in [6.07, 6.45) is 6.94. The zero-order chi connectivity index (χ0) is 13.7. The minimum atomic E-state index is 0.215. The van der Waals surface area contributed by atoms with Crippen molar-refractivity contribution in [2.75, 3.05) is 32.8 Å². The lowest BCUT2D eigenvalue weighted by Gasteiger charge is -2.26. The molecule has 4 nitrogen and oxygen atoms in total. The number of aliphatic hydroxyl groups excluding tert-OH is 1. The van der Waals surface area contributed by atoms with Crippen LogP contribution in [-0.2, 0) is 0 Å². The molecule has 2 N–H and O–H groups in total. The number of likely N-dealkylation sites (tertiary alicyclic amines) is 1. The first-order valence-electron chi connectivity index (χ1n) is 7.83. The molecular weight excluding hydrogens is 238 g/mol. The average Bonchev–Trinajstić information content (AvgIpc) is 3.05. The van der Waals surface area contributed by atoms with E-state index in [0.717, 1.165) is 19.0 Å². The second-order valence-electron chi connectivity index (χ2n) is 6.36. The normalized spacial score (nSPS) is 24.2. The molecule has 0 aromatic rings. The van der Waals surface area contributed by atoms with Gasteiger partial charge in [0.2, 0.25) is 0 Å². The summed E-state index contributed by atoms with van der Waals surface area (Å²) in [4.78, 5) is 7.12. The summed E-state index contributed by atoms with van der Waals surface area (Å²) in [6, 6.07) is 0. The zero-order valence-electron chi connectivity index (χ0n) is 12.5. The van der Waals surface area contributed by atoms with E-state index >= 15 is 0 Å². The summed E-state index contributed by atoms with van der Waals surface area (Å²) >= 11 is 0. The van der Waals surface area contributed by atoms with Crippen molar-refractivity contribution in [2.24, 2.45) is 16.3 Å². The minimum Gasteiger partial charge on any atom is -0.396 e. The van der Waals surface area contributed by atoms with Crippen molar-refractivity contribution < 1.29 is 5.11 Å². The molecule has 1 saturated heterocycles. The van der Waals surface area contributed by atoms with Gasteiger partial charge in [0.15, 0.2) is 5.96 Å². The SMILES string of the molecule is CCNC(=NCC(C)CO)N1CCC2(CCCC2)C1. The molecule has 2 fully saturated rings. The number of aliphatic imine (C=N–C) groups is 1. The predicted molar refractivity (Wildman–Crippen MR) is 79.3 cm³/mol. The van der Waals surface area contributed by atoms with Crippen molar-refractivity contribution in [1.82, 2.24) is 10.2 Å². The molecule has 0 bridgehead atoms. The Balaban J connectivity index is 1.95. The highest BCUT2D eigenvalue weighted by Gasteiger charge is 2.41. The first-order valence-corrected chi connectivity index (χ1v) is 7.83. The van der Waals surface area contributed by atoms with Crippen molar-refractivity contribution in [1.29, 1.82) is 0 Å². The Bertz CT molecular complexity index is 311. The summed E-state index contributed by atoms with van der Waals surface area (Å²) in [7, 11) is 0. The number of hydrogen-bond acceptors (Lipinski definition) is 2. The lowest BCUT2D eigenvalue weighted by molar-refractivity contribution is 0.241. The molecule has 1 spiro atoms. The molecular formula is C15H29N3O. The number of nitrogens with zero attached hydrogens (tertiary/aromatic N) is 2. The van der Waals surface area contributed by atoms with Crippen LogP contribution in [0.2, 0.25) is 0 Å². The van der Waals surface area contributed by atoms with E-state index in [2.05, 4.69) is 17.1 Å². The molecule has 2 rings (SSSR count). The fourth-order valence-corrected chi connectivity index (χ4v) is 3.37. The number of nitrogens with one attached hydrogen (secondary N) is 1. The largest absolute Gasteiger partial charge is 0.396 e. The second kappa shape index (κ2) is 6.60. The topological polar surface area (TPSA) is 47.9 Å². The van der Waals surface area contributed by atoms with Gasteiger partial charge in [-0.2, -0.15) is 0 Å². The van der Waals surface area contributed by atoms with Gasteiger partial charge in [0, 0.05) is 32.8 Å². The van der Waals surface area contributed by atoms with Gasteiger partial charge < -0.3 is 15.3 Å². The van der Waals surface area contributed by atoms with Crippen LogP contribution in [0.4, 0.5) is 0 Å². The van der Waals surface area contributed by atoms with E-state index in [9.17, 15) is 0 Å². The van der Waals surface area contributed by atoms with Gasteiger partial charge in [0.05, 0.1) is 0 Å². The van der Waals surface area contributed by atoms with Crippen LogP contribution in [0.25, 0.3) is 0 Å². The van der Waals surface area contributed by atoms with Crippen LogP contribution in [-0.4, -0.2) is 48.8 Å². The summed E-state index contributed by atoms with van der Waals surface area (Å²) in [5.41, 5.74) is 0.582. The number of aliphatic hydroxyl groups is 1. The Hall–Kier alpha value is -0.770. The highest BCUT2D eigenvalue weighted by atomic mass is 16.3. The highest BCUT2D eigenvalue weighted by Crippen LogP contribution is 2.45. The standard InChI is InChI=1S/C15H29N3O/c1-3-16-14(17-10-13(2)11-19)18-9-8-15(12-18)6-4-5-7-15/h13,19H,3-12H2,1-2H3,(H,16,17). The van der Waals surface area contributed by atoms with E-state index in [0.29, 0.717) is 12.0 Å². The van der Waals surface area contributed by atoms with Crippen LogP contribution in [0.5, 0.6) is 0 Å². The smallest absolute Gasteiger partial charge is 0.193 e. The summed E-state index contributed by atoms with van der Waals surface area (Å²) in [5, 5.41) is 12.5. The lowest BCUT2D eigenvalue weighted by atomic mass is 9.86.